The lowest BCUT2D eigenvalue weighted by Gasteiger charge is -2.20. The van der Waals surface area contributed by atoms with Crippen molar-refractivity contribution in [3.63, 3.8) is 0 Å². The molecule has 1 aliphatic rings. The van der Waals surface area contributed by atoms with Gasteiger partial charge in [-0.1, -0.05) is 19.1 Å². The monoisotopic (exact) mass is 123 g/mol. The van der Waals surface area contributed by atoms with Gasteiger partial charge in [0.2, 0.25) is 0 Å². The van der Waals surface area contributed by atoms with Gasteiger partial charge in [-0.05, 0) is 38.0 Å². The summed E-state index contributed by atoms with van der Waals surface area (Å²) in [6.45, 7) is 6.38. The van der Waals surface area contributed by atoms with Gasteiger partial charge in [0.05, 0.1) is 0 Å². The van der Waals surface area contributed by atoms with E-state index in [4.69, 9.17) is 0 Å². The zero-order chi connectivity index (χ0) is 6.74. The molecule has 51 valence electrons. The van der Waals surface area contributed by atoms with Crippen LogP contribution in [0.15, 0.2) is 12.2 Å². The van der Waals surface area contributed by atoms with Crippen molar-refractivity contribution in [2.24, 2.45) is 5.41 Å². The van der Waals surface area contributed by atoms with E-state index in [9.17, 15) is 0 Å². The lowest BCUT2D eigenvalue weighted by molar-refractivity contribution is 0.389. The van der Waals surface area contributed by atoms with Gasteiger partial charge in [-0.3, -0.25) is 0 Å². The largest absolute Gasteiger partial charge is 0.0885 e. The van der Waals surface area contributed by atoms with Crippen LogP contribution in [-0.2, 0) is 0 Å². The van der Waals surface area contributed by atoms with Crippen molar-refractivity contribution in [2.75, 3.05) is 0 Å². The van der Waals surface area contributed by atoms with E-state index in [2.05, 4.69) is 26.0 Å². The smallest absolute Gasteiger partial charge is 0.0291 e. The van der Waals surface area contributed by atoms with Gasteiger partial charge in [-0.25, -0.2) is 0 Å². The fraction of sp³-hybridized carbons (Fsp3) is 0.667. The summed E-state index contributed by atoms with van der Waals surface area (Å²) in [5.41, 5.74) is 0.326. The van der Waals surface area contributed by atoms with Crippen molar-refractivity contribution in [3.8, 4) is 0 Å². The minimum absolute atomic E-state index is 0.326. The lowest BCUT2D eigenvalue weighted by Crippen LogP contribution is -2.08. The minimum Gasteiger partial charge on any atom is -0.0885 e. The highest BCUT2D eigenvalue weighted by atomic mass is 14.2. The predicted octanol–water partition coefficient (Wildman–Crippen LogP) is 2.96. The number of rotatable bonds is 0. The molecule has 0 N–H and O–H groups in total. The summed E-state index contributed by atoms with van der Waals surface area (Å²) in [5, 5.41) is 0. The molecule has 0 nitrogen and oxygen atoms in total. The molecular formula is C9H15. The molecule has 0 heterocycles. The summed E-state index contributed by atoms with van der Waals surface area (Å²) in [4.78, 5) is 0. The molecule has 1 rings (SSSR count). The van der Waals surface area contributed by atoms with Crippen molar-refractivity contribution in [1.82, 2.24) is 0 Å². The van der Waals surface area contributed by atoms with Crippen LogP contribution >= 0.6 is 0 Å². The van der Waals surface area contributed by atoms with E-state index in [0.717, 1.165) is 6.42 Å². The van der Waals surface area contributed by atoms with Crippen LogP contribution in [0.1, 0.15) is 32.6 Å². The molecule has 0 saturated heterocycles. The molecule has 0 aromatic heterocycles. The molecule has 0 saturated carbocycles. The quantitative estimate of drug-likeness (QED) is 0.434. The summed E-state index contributed by atoms with van der Waals surface area (Å²) >= 11 is 0. The van der Waals surface area contributed by atoms with Crippen LogP contribution < -0.4 is 0 Å². The first-order valence-corrected chi connectivity index (χ1v) is 3.71. The highest BCUT2D eigenvalue weighted by molar-refractivity contribution is 4.93. The van der Waals surface area contributed by atoms with Crippen LogP contribution in [0.4, 0.5) is 0 Å². The Morgan fingerprint density at radius 1 is 1.44 bits per heavy atom. The molecule has 0 aromatic carbocycles. The second kappa shape index (κ2) is 2.55. The molecule has 0 amide bonds. The average Bonchev–Trinajstić information content (AvgIpc) is 1.92. The van der Waals surface area contributed by atoms with Crippen molar-refractivity contribution in [1.29, 1.82) is 0 Å². The van der Waals surface area contributed by atoms with Crippen molar-refractivity contribution in [2.45, 2.75) is 32.6 Å². The molecule has 1 atom stereocenters. The number of allylic oxidation sites excluding steroid dienone is 2. The molecular weight excluding hydrogens is 108 g/mol. The van der Waals surface area contributed by atoms with Gasteiger partial charge >= 0.3 is 0 Å². The van der Waals surface area contributed by atoms with E-state index >= 15 is 0 Å². The van der Waals surface area contributed by atoms with Crippen LogP contribution in [0.3, 0.4) is 0 Å². The molecule has 0 aromatic rings. The summed E-state index contributed by atoms with van der Waals surface area (Å²) in [5.74, 6) is 0. The Morgan fingerprint density at radius 3 is 3.00 bits per heavy atom. The van der Waals surface area contributed by atoms with Crippen LogP contribution in [-0.4, -0.2) is 0 Å². The van der Waals surface area contributed by atoms with E-state index in [1.807, 2.05) is 0 Å². The van der Waals surface area contributed by atoms with Gasteiger partial charge in [0.25, 0.3) is 0 Å². The predicted molar refractivity (Wildman–Crippen MR) is 41.1 cm³/mol. The Bertz CT molecular complexity index is 109. The fourth-order valence-corrected chi connectivity index (χ4v) is 1.23. The summed E-state index contributed by atoms with van der Waals surface area (Å²) < 4.78 is 0. The third-order valence-electron chi connectivity index (χ3n) is 1.93. The molecule has 0 spiro atoms. The average molecular weight is 123 g/mol. The van der Waals surface area contributed by atoms with Gasteiger partial charge in [-0.15, -0.1) is 0 Å². The standard InChI is InChI=1S/C9H15/c1-9(2)7-5-3-4-6-8-9/h3,5H,1,4,6-8H2,2H3. The first kappa shape index (κ1) is 6.85. The molecule has 1 aliphatic carbocycles. The highest BCUT2D eigenvalue weighted by Gasteiger charge is 2.16. The third kappa shape index (κ3) is 2.21. The van der Waals surface area contributed by atoms with Gasteiger partial charge in [0, 0.05) is 0 Å². The second-order valence-electron chi connectivity index (χ2n) is 3.38. The Balaban J connectivity index is 2.48. The van der Waals surface area contributed by atoms with E-state index < -0.39 is 0 Å². The minimum atomic E-state index is 0.326. The van der Waals surface area contributed by atoms with Gasteiger partial charge in [-0.2, -0.15) is 0 Å². The van der Waals surface area contributed by atoms with Crippen LogP contribution in [0.5, 0.6) is 0 Å². The maximum atomic E-state index is 4.14. The summed E-state index contributed by atoms with van der Waals surface area (Å²) in [6.07, 6.45) is 9.55. The van der Waals surface area contributed by atoms with Crippen molar-refractivity contribution in [3.05, 3.63) is 19.1 Å². The topological polar surface area (TPSA) is 0 Å². The lowest BCUT2D eigenvalue weighted by atomic mass is 9.86. The number of hydrogen-bond acceptors (Lipinski definition) is 0. The maximum Gasteiger partial charge on any atom is -0.0291 e. The number of hydrogen-bond donors (Lipinski definition) is 0. The van der Waals surface area contributed by atoms with Crippen LogP contribution in [0.2, 0.25) is 0 Å². The Labute approximate surface area is 58.0 Å². The maximum absolute atomic E-state index is 4.14. The Kier molecular flexibility index (Phi) is 1.94. The zero-order valence-corrected chi connectivity index (χ0v) is 6.19. The third-order valence-corrected chi connectivity index (χ3v) is 1.93. The van der Waals surface area contributed by atoms with E-state index in [1.165, 1.54) is 19.3 Å². The summed E-state index contributed by atoms with van der Waals surface area (Å²) in [6, 6.07) is 0. The second-order valence-corrected chi connectivity index (χ2v) is 3.38. The fourth-order valence-electron chi connectivity index (χ4n) is 1.23. The Hall–Kier alpha value is -0.260. The summed E-state index contributed by atoms with van der Waals surface area (Å²) in [7, 11) is 0. The first-order valence-electron chi connectivity index (χ1n) is 3.71. The normalized spacial score (nSPS) is 25.6. The molecule has 0 bridgehead atoms. The van der Waals surface area contributed by atoms with Crippen LogP contribution in [0, 0.1) is 12.3 Å². The van der Waals surface area contributed by atoms with E-state index in [0.29, 0.717) is 5.41 Å². The molecule has 0 fully saturated rings. The van der Waals surface area contributed by atoms with Gasteiger partial charge < -0.3 is 0 Å². The van der Waals surface area contributed by atoms with Gasteiger partial charge in [0.1, 0.15) is 0 Å². The van der Waals surface area contributed by atoms with Gasteiger partial charge in [0.15, 0.2) is 0 Å². The van der Waals surface area contributed by atoms with E-state index in [1.54, 1.807) is 0 Å². The molecule has 1 radical (unpaired) electrons. The van der Waals surface area contributed by atoms with Crippen molar-refractivity contribution >= 4 is 0 Å². The SMILES string of the molecule is [CH2]C1(C)CC=CCCC1. The van der Waals surface area contributed by atoms with E-state index in [-0.39, 0.29) is 0 Å². The Morgan fingerprint density at radius 2 is 2.22 bits per heavy atom. The zero-order valence-electron chi connectivity index (χ0n) is 6.19. The first-order chi connectivity index (χ1) is 4.21. The van der Waals surface area contributed by atoms with Crippen molar-refractivity contribution < 1.29 is 0 Å². The molecule has 0 aliphatic heterocycles. The molecule has 9 heavy (non-hydrogen) atoms. The molecule has 0 heteroatoms. The van der Waals surface area contributed by atoms with Crippen LogP contribution in [0.25, 0.3) is 0 Å². The highest BCUT2D eigenvalue weighted by Crippen LogP contribution is 2.29. The molecule has 1 unspecified atom stereocenters.